The molecule has 1 saturated heterocycles. The minimum absolute atomic E-state index is 0.00807. The summed E-state index contributed by atoms with van der Waals surface area (Å²) in [4.78, 5) is 14.2. The summed E-state index contributed by atoms with van der Waals surface area (Å²) in [5, 5.41) is 6.82. The van der Waals surface area contributed by atoms with Crippen molar-refractivity contribution in [2.75, 3.05) is 32.0 Å². The van der Waals surface area contributed by atoms with Gasteiger partial charge in [0.1, 0.15) is 0 Å². The highest BCUT2D eigenvalue weighted by Gasteiger charge is 2.18. The van der Waals surface area contributed by atoms with Crippen LogP contribution in [0.25, 0.3) is 0 Å². The van der Waals surface area contributed by atoms with Gasteiger partial charge >= 0.3 is 0 Å². The third-order valence-corrected chi connectivity index (χ3v) is 4.06. The minimum Gasteiger partial charge on any atom is -0.325 e. The molecule has 5 heteroatoms. The number of para-hydroxylation sites is 1. The van der Waals surface area contributed by atoms with Gasteiger partial charge in [-0.1, -0.05) is 23.7 Å². The van der Waals surface area contributed by atoms with E-state index in [0.29, 0.717) is 23.2 Å². The molecule has 0 radical (unpaired) electrons. The van der Waals surface area contributed by atoms with Crippen LogP contribution < -0.4 is 10.6 Å². The molecule has 110 valence electrons. The molecule has 1 fully saturated rings. The molecule has 1 aromatic carbocycles. The SMILES string of the molecule is CN(CCC(=O)Nc1ccccc1Cl)C1CCCNC1. The summed E-state index contributed by atoms with van der Waals surface area (Å²) >= 11 is 6.02. The van der Waals surface area contributed by atoms with Crippen molar-refractivity contribution in [2.24, 2.45) is 0 Å². The first kappa shape index (κ1) is 15.3. The van der Waals surface area contributed by atoms with E-state index in [4.69, 9.17) is 11.6 Å². The van der Waals surface area contributed by atoms with Crippen molar-refractivity contribution in [1.82, 2.24) is 10.2 Å². The number of piperidine rings is 1. The van der Waals surface area contributed by atoms with Crippen LogP contribution in [0, 0.1) is 0 Å². The van der Waals surface area contributed by atoms with E-state index in [9.17, 15) is 4.79 Å². The number of nitrogens with zero attached hydrogens (tertiary/aromatic N) is 1. The van der Waals surface area contributed by atoms with Gasteiger partial charge in [-0.05, 0) is 38.6 Å². The molecule has 1 atom stereocenters. The fraction of sp³-hybridized carbons (Fsp3) is 0.533. The second kappa shape index (κ2) is 7.62. The minimum atomic E-state index is 0.00807. The maximum Gasteiger partial charge on any atom is 0.225 e. The molecule has 0 aliphatic carbocycles. The van der Waals surface area contributed by atoms with Crippen molar-refractivity contribution in [3.8, 4) is 0 Å². The molecule has 0 spiro atoms. The highest BCUT2D eigenvalue weighted by atomic mass is 35.5. The molecular weight excluding hydrogens is 274 g/mol. The third-order valence-electron chi connectivity index (χ3n) is 3.73. The number of likely N-dealkylation sites (N-methyl/N-ethyl adjacent to an activating group) is 1. The Bertz CT molecular complexity index is 446. The van der Waals surface area contributed by atoms with E-state index in [1.165, 1.54) is 12.8 Å². The Morgan fingerprint density at radius 1 is 1.50 bits per heavy atom. The van der Waals surface area contributed by atoms with Gasteiger partial charge in [-0.2, -0.15) is 0 Å². The Morgan fingerprint density at radius 3 is 3.00 bits per heavy atom. The monoisotopic (exact) mass is 295 g/mol. The summed E-state index contributed by atoms with van der Waals surface area (Å²) in [5.41, 5.74) is 0.682. The van der Waals surface area contributed by atoms with Gasteiger partial charge in [0.15, 0.2) is 0 Å². The second-order valence-electron chi connectivity index (χ2n) is 5.26. The first-order valence-corrected chi connectivity index (χ1v) is 7.50. The molecule has 0 bridgehead atoms. The quantitative estimate of drug-likeness (QED) is 0.876. The fourth-order valence-corrected chi connectivity index (χ4v) is 2.63. The van der Waals surface area contributed by atoms with Gasteiger partial charge in [0.05, 0.1) is 10.7 Å². The molecule has 0 aromatic heterocycles. The van der Waals surface area contributed by atoms with Crippen molar-refractivity contribution in [1.29, 1.82) is 0 Å². The van der Waals surface area contributed by atoms with Crippen molar-refractivity contribution >= 4 is 23.2 Å². The molecule has 2 N–H and O–H groups in total. The van der Waals surface area contributed by atoms with Gasteiger partial charge < -0.3 is 15.5 Å². The zero-order chi connectivity index (χ0) is 14.4. The van der Waals surface area contributed by atoms with Gasteiger partial charge in [0, 0.05) is 25.6 Å². The number of hydrogen-bond acceptors (Lipinski definition) is 3. The van der Waals surface area contributed by atoms with Gasteiger partial charge in [0.25, 0.3) is 0 Å². The molecule has 0 saturated carbocycles. The summed E-state index contributed by atoms with van der Waals surface area (Å²) in [6.45, 7) is 2.89. The second-order valence-corrected chi connectivity index (χ2v) is 5.67. The smallest absolute Gasteiger partial charge is 0.225 e. The van der Waals surface area contributed by atoms with E-state index < -0.39 is 0 Å². The highest BCUT2D eigenvalue weighted by molar-refractivity contribution is 6.33. The molecule has 1 aromatic rings. The van der Waals surface area contributed by atoms with E-state index >= 15 is 0 Å². The molecule has 1 unspecified atom stereocenters. The molecule has 2 rings (SSSR count). The number of amides is 1. The lowest BCUT2D eigenvalue weighted by Gasteiger charge is -2.31. The van der Waals surface area contributed by atoms with Crippen LogP contribution >= 0.6 is 11.6 Å². The summed E-state index contributed by atoms with van der Waals surface area (Å²) < 4.78 is 0. The van der Waals surface area contributed by atoms with Crippen molar-refractivity contribution in [3.05, 3.63) is 29.3 Å². The van der Waals surface area contributed by atoms with Crippen LogP contribution in [0.4, 0.5) is 5.69 Å². The highest BCUT2D eigenvalue weighted by Crippen LogP contribution is 2.20. The van der Waals surface area contributed by atoms with E-state index in [1.54, 1.807) is 6.07 Å². The molecule has 1 heterocycles. The van der Waals surface area contributed by atoms with E-state index in [-0.39, 0.29) is 5.91 Å². The zero-order valence-corrected chi connectivity index (χ0v) is 12.6. The summed E-state index contributed by atoms with van der Waals surface area (Å²) in [7, 11) is 2.08. The van der Waals surface area contributed by atoms with Crippen LogP contribution in [-0.4, -0.2) is 43.5 Å². The molecule has 1 aliphatic rings. The molecule has 1 amide bonds. The first-order chi connectivity index (χ1) is 9.66. The molecule has 20 heavy (non-hydrogen) atoms. The van der Waals surface area contributed by atoms with Crippen LogP contribution in [0.1, 0.15) is 19.3 Å². The topological polar surface area (TPSA) is 44.4 Å². The zero-order valence-electron chi connectivity index (χ0n) is 11.9. The Kier molecular flexibility index (Phi) is 5.83. The van der Waals surface area contributed by atoms with Crippen LogP contribution in [0.5, 0.6) is 0 Å². The third kappa shape index (κ3) is 4.47. The number of carbonyl (C=O) groups is 1. The number of anilines is 1. The standard InChI is InChI=1S/C15H22ClN3O/c1-19(12-5-4-9-17-11-12)10-8-15(20)18-14-7-3-2-6-13(14)16/h2-3,6-7,12,17H,4-5,8-11H2,1H3,(H,18,20). The normalized spacial score (nSPS) is 19.1. The van der Waals surface area contributed by atoms with Crippen LogP contribution in [0.3, 0.4) is 0 Å². The number of benzene rings is 1. The summed E-state index contributed by atoms with van der Waals surface area (Å²) in [5.74, 6) is 0.00807. The number of carbonyl (C=O) groups excluding carboxylic acids is 1. The Balaban J connectivity index is 1.76. The molecule has 4 nitrogen and oxygen atoms in total. The lowest BCUT2D eigenvalue weighted by molar-refractivity contribution is -0.116. The predicted molar refractivity (Wildman–Crippen MR) is 83.2 cm³/mol. The number of halogens is 1. The Hall–Kier alpha value is -1.10. The van der Waals surface area contributed by atoms with Crippen molar-refractivity contribution in [3.63, 3.8) is 0 Å². The number of nitrogens with one attached hydrogen (secondary N) is 2. The molecular formula is C15H22ClN3O. The van der Waals surface area contributed by atoms with Gasteiger partial charge in [0.2, 0.25) is 5.91 Å². The van der Waals surface area contributed by atoms with Crippen LogP contribution in [0.15, 0.2) is 24.3 Å². The Morgan fingerprint density at radius 2 is 2.30 bits per heavy atom. The van der Waals surface area contributed by atoms with Crippen molar-refractivity contribution < 1.29 is 4.79 Å². The summed E-state index contributed by atoms with van der Waals surface area (Å²) in [6, 6.07) is 7.84. The van der Waals surface area contributed by atoms with E-state index in [2.05, 4.69) is 22.6 Å². The largest absolute Gasteiger partial charge is 0.325 e. The summed E-state index contributed by atoms with van der Waals surface area (Å²) in [6.07, 6.45) is 2.90. The van der Waals surface area contributed by atoms with Crippen LogP contribution in [0.2, 0.25) is 5.02 Å². The van der Waals surface area contributed by atoms with E-state index in [1.807, 2.05) is 18.2 Å². The lowest BCUT2D eigenvalue weighted by Crippen LogP contribution is -2.44. The lowest BCUT2D eigenvalue weighted by atomic mass is 10.1. The van der Waals surface area contributed by atoms with Crippen LogP contribution in [-0.2, 0) is 4.79 Å². The average Bonchev–Trinajstić information content (AvgIpc) is 2.48. The van der Waals surface area contributed by atoms with Gasteiger partial charge in [-0.3, -0.25) is 4.79 Å². The average molecular weight is 296 g/mol. The fourth-order valence-electron chi connectivity index (χ4n) is 2.45. The first-order valence-electron chi connectivity index (χ1n) is 7.12. The maximum atomic E-state index is 11.9. The number of hydrogen-bond donors (Lipinski definition) is 2. The van der Waals surface area contributed by atoms with Crippen molar-refractivity contribution in [2.45, 2.75) is 25.3 Å². The predicted octanol–water partition coefficient (Wildman–Crippen LogP) is 2.35. The van der Waals surface area contributed by atoms with Gasteiger partial charge in [-0.25, -0.2) is 0 Å². The maximum absolute atomic E-state index is 11.9. The van der Waals surface area contributed by atoms with Gasteiger partial charge in [-0.15, -0.1) is 0 Å². The Labute approximate surface area is 125 Å². The molecule has 1 aliphatic heterocycles. The number of rotatable bonds is 5. The van der Waals surface area contributed by atoms with E-state index in [0.717, 1.165) is 19.6 Å².